The predicted molar refractivity (Wildman–Crippen MR) is 57.5 cm³/mol. The van der Waals surface area contributed by atoms with E-state index in [0.717, 1.165) is 13.2 Å². The van der Waals surface area contributed by atoms with Crippen LogP contribution < -0.4 is 0 Å². The van der Waals surface area contributed by atoms with Crippen molar-refractivity contribution in [2.75, 3.05) is 39.3 Å². The van der Waals surface area contributed by atoms with Gasteiger partial charge in [0.1, 0.15) is 0 Å². The smallest absolute Gasteiger partial charge is 0.0936 e. The third-order valence-electron chi connectivity index (χ3n) is 3.35. The number of hydrogen-bond acceptors (Lipinski definition) is 3. The van der Waals surface area contributed by atoms with E-state index in [1.165, 1.54) is 32.6 Å². The van der Waals surface area contributed by atoms with Crippen LogP contribution in [0, 0.1) is 0 Å². The lowest BCUT2D eigenvalue weighted by molar-refractivity contribution is 0.179. The van der Waals surface area contributed by atoms with Gasteiger partial charge in [0.2, 0.25) is 0 Å². The Bertz CT molecular complexity index is 182. The molecule has 2 aliphatic rings. The van der Waals surface area contributed by atoms with E-state index >= 15 is 0 Å². The number of likely N-dealkylation sites (N-methyl/N-ethyl adjacent to an activating group) is 1. The van der Waals surface area contributed by atoms with Crippen LogP contribution in [0.4, 0.5) is 0 Å². The van der Waals surface area contributed by atoms with Gasteiger partial charge in [-0.15, -0.1) is 0 Å². The zero-order valence-electron chi connectivity index (χ0n) is 9.41. The van der Waals surface area contributed by atoms with E-state index in [9.17, 15) is 0 Å². The molecule has 14 heavy (non-hydrogen) atoms. The van der Waals surface area contributed by atoms with Crippen LogP contribution >= 0.6 is 0 Å². The van der Waals surface area contributed by atoms with Crippen molar-refractivity contribution in [3.05, 3.63) is 0 Å². The van der Waals surface area contributed by atoms with Crippen molar-refractivity contribution in [3.8, 4) is 0 Å². The molecular formula is C11H22N2O. The summed E-state index contributed by atoms with van der Waals surface area (Å²) in [6.07, 6.45) is 1.86. The molecule has 2 fully saturated rings. The van der Waals surface area contributed by atoms with Gasteiger partial charge in [-0.1, -0.05) is 6.92 Å². The zero-order chi connectivity index (χ0) is 9.97. The first-order valence-corrected chi connectivity index (χ1v) is 5.87. The van der Waals surface area contributed by atoms with Gasteiger partial charge in [0.05, 0.1) is 12.7 Å². The first-order chi connectivity index (χ1) is 6.79. The Morgan fingerprint density at radius 2 is 2.14 bits per heavy atom. The van der Waals surface area contributed by atoms with Gasteiger partial charge in [-0.05, 0) is 33.0 Å². The molecule has 2 saturated heterocycles. The van der Waals surface area contributed by atoms with Crippen LogP contribution in [0.2, 0.25) is 0 Å². The molecule has 0 aliphatic carbocycles. The number of hydrogen-bond donors (Lipinski definition) is 0. The summed E-state index contributed by atoms with van der Waals surface area (Å²) in [4.78, 5) is 5.14. The molecule has 0 aromatic heterocycles. The molecule has 2 heterocycles. The van der Waals surface area contributed by atoms with Gasteiger partial charge in [-0.2, -0.15) is 0 Å². The number of ether oxygens (including phenoxy) is 1. The summed E-state index contributed by atoms with van der Waals surface area (Å²) in [7, 11) is 0. The molecule has 0 aromatic rings. The average molecular weight is 198 g/mol. The van der Waals surface area contributed by atoms with Crippen molar-refractivity contribution in [2.24, 2.45) is 0 Å². The highest BCUT2D eigenvalue weighted by Gasteiger charge is 2.29. The summed E-state index contributed by atoms with van der Waals surface area (Å²) in [6.45, 7) is 11.7. The molecule has 2 rings (SSSR count). The fraction of sp³-hybridized carbons (Fsp3) is 1.00. The molecule has 3 nitrogen and oxygen atoms in total. The third kappa shape index (κ3) is 2.69. The molecular weight excluding hydrogens is 176 g/mol. The normalized spacial score (nSPS) is 35.6. The van der Waals surface area contributed by atoms with Crippen LogP contribution in [0.25, 0.3) is 0 Å². The highest BCUT2D eigenvalue weighted by molar-refractivity contribution is 4.81. The second-order valence-electron chi connectivity index (χ2n) is 4.55. The minimum atomic E-state index is 0.547. The number of rotatable bonds is 3. The summed E-state index contributed by atoms with van der Waals surface area (Å²) in [5.74, 6) is 0. The third-order valence-corrected chi connectivity index (χ3v) is 3.35. The second-order valence-corrected chi connectivity index (χ2v) is 4.55. The van der Waals surface area contributed by atoms with Gasteiger partial charge in [0.25, 0.3) is 0 Å². The van der Waals surface area contributed by atoms with E-state index in [1.807, 2.05) is 0 Å². The van der Waals surface area contributed by atoms with E-state index < -0.39 is 0 Å². The van der Waals surface area contributed by atoms with Crippen LogP contribution in [0.1, 0.15) is 20.3 Å². The lowest BCUT2D eigenvalue weighted by atomic mass is 10.2. The van der Waals surface area contributed by atoms with Gasteiger partial charge >= 0.3 is 0 Å². The first kappa shape index (κ1) is 10.4. The Kier molecular flexibility index (Phi) is 3.42. The van der Waals surface area contributed by atoms with Crippen molar-refractivity contribution in [1.29, 1.82) is 0 Å². The van der Waals surface area contributed by atoms with Gasteiger partial charge < -0.3 is 9.64 Å². The second kappa shape index (κ2) is 4.60. The summed E-state index contributed by atoms with van der Waals surface area (Å²) >= 11 is 0. The maximum atomic E-state index is 5.30. The largest absolute Gasteiger partial charge is 0.372 e. The molecule has 0 spiro atoms. The van der Waals surface area contributed by atoms with Crippen molar-refractivity contribution in [1.82, 2.24) is 9.80 Å². The van der Waals surface area contributed by atoms with Crippen molar-refractivity contribution < 1.29 is 4.74 Å². The van der Waals surface area contributed by atoms with Crippen LogP contribution in [0.3, 0.4) is 0 Å². The van der Waals surface area contributed by atoms with Crippen LogP contribution in [-0.2, 0) is 4.74 Å². The summed E-state index contributed by atoms with van der Waals surface area (Å²) in [6, 6.07) is 0.696. The molecule has 0 saturated carbocycles. The lowest BCUT2D eigenvalue weighted by Crippen LogP contribution is -2.40. The van der Waals surface area contributed by atoms with Gasteiger partial charge in [-0.3, -0.25) is 4.90 Å². The molecule has 0 radical (unpaired) electrons. The van der Waals surface area contributed by atoms with E-state index in [2.05, 4.69) is 23.6 Å². The molecule has 0 aromatic carbocycles. The summed E-state index contributed by atoms with van der Waals surface area (Å²) in [5, 5.41) is 0. The fourth-order valence-corrected chi connectivity index (χ4v) is 2.29. The minimum absolute atomic E-state index is 0.547. The lowest BCUT2D eigenvalue weighted by Gasteiger charge is -2.27. The Hall–Kier alpha value is -0.120. The quantitative estimate of drug-likeness (QED) is 0.625. The van der Waals surface area contributed by atoms with E-state index in [1.54, 1.807) is 0 Å². The van der Waals surface area contributed by atoms with E-state index in [-0.39, 0.29) is 0 Å². The molecule has 2 atom stereocenters. The average Bonchev–Trinajstić information content (AvgIpc) is 2.97. The van der Waals surface area contributed by atoms with E-state index in [0.29, 0.717) is 12.1 Å². The molecule has 82 valence electrons. The standard InChI is InChI=1S/C11H22N2O/c1-3-12-5-4-6-13(10(2)7-12)8-11-9-14-11/h10-11H,3-9H2,1-2H3/t10?,11-/m1/s1. The van der Waals surface area contributed by atoms with Crippen LogP contribution in [0.5, 0.6) is 0 Å². The highest BCUT2D eigenvalue weighted by Crippen LogP contribution is 2.16. The fourth-order valence-electron chi connectivity index (χ4n) is 2.29. The highest BCUT2D eigenvalue weighted by atomic mass is 16.6. The topological polar surface area (TPSA) is 19.0 Å². The molecule has 0 N–H and O–H groups in total. The summed E-state index contributed by atoms with van der Waals surface area (Å²) < 4.78 is 5.30. The Morgan fingerprint density at radius 1 is 1.36 bits per heavy atom. The Labute approximate surface area is 87.0 Å². The SMILES string of the molecule is CCN1CCCN(C[C@@H]2CO2)C(C)C1. The van der Waals surface area contributed by atoms with Gasteiger partial charge in [0, 0.05) is 19.1 Å². The first-order valence-electron chi connectivity index (χ1n) is 5.87. The number of epoxide rings is 1. The van der Waals surface area contributed by atoms with Crippen LogP contribution in [-0.4, -0.2) is 61.3 Å². The Balaban J connectivity index is 1.83. The maximum absolute atomic E-state index is 5.30. The summed E-state index contributed by atoms with van der Waals surface area (Å²) in [5.41, 5.74) is 0. The zero-order valence-corrected chi connectivity index (χ0v) is 9.41. The predicted octanol–water partition coefficient (Wildman–Crippen LogP) is 0.801. The molecule has 0 bridgehead atoms. The van der Waals surface area contributed by atoms with Gasteiger partial charge in [0.15, 0.2) is 0 Å². The van der Waals surface area contributed by atoms with Crippen molar-refractivity contribution in [2.45, 2.75) is 32.4 Å². The van der Waals surface area contributed by atoms with E-state index in [4.69, 9.17) is 4.74 Å². The number of nitrogens with zero attached hydrogens (tertiary/aromatic N) is 2. The molecule has 1 unspecified atom stereocenters. The Morgan fingerprint density at radius 3 is 2.79 bits per heavy atom. The van der Waals surface area contributed by atoms with Gasteiger partial charge in [-0.25, -0.2) is 0 Å². The maximum Gasteiger partial charge on any atom is 0.0936 e. The molecule has 3 heteroatoms. The monoisotopic (exact) mass is 198 g/mol. The van der Waals surface area contributed by atoms with Crippen LogP contribution in [0.15, 0.2) is 0 Å². The molecule has 2 aliphatic heterocycles. The van der Waals surface area contributed by atoms with Crippen molar-refractivity contribution in [3.63, 3.8) is 0 Å². The minimum Gasteiger partial charge on any atom is -0.372 e. The molecule has 0 amide bonds. The van der Waals surface area contributed by atoms with Crippen molar-refractivity contribution >= 4 is 0 Å².